The van der Waals surface area contributed by atoms with E-state index < -0.39 is 10.0 Å². The summed E-state index contributed by atoms with van der Waals surface area (Å²) in [5.41, 5.74) is 4.34. The molecule has 168 valence electrons. The predicted octanol–water partition coefficient (Wildman–Crippen LogP) is 3.37. The highest BCUT2D eigenvalue weighted by Crippen LogP contribution is 2.47. The first-order valence-electron chi connectivity index (χ1n) is 10.7. The maximum atomic E-state index is 13.1. The van der Waals surface area contributed by atoms with Crippen LogP contribution >= 0.6 is 10.0 Å². The summed E-state index contributed by atoms with van der Waals surface area (Å²) in [7, 11) is 1.26. The lowest BCUT2D eigenvalue weighted by atomic mass is 10.1. The average Bonchev–Trinajstić information content (AvgIpc) is 3.38. The Morgan fingerprint density at radius 1 is 1.19 bits per heavy atom. The topological polar surface area (TPSA) is 106 Å². The van der Waals surface area contributed by atoms with E-state index in [1.54, 1.807) is 17.8 Å². The highest BCUT2D eigenvalue weighted by molar-refractivity contribution is 8.32. The lowest BCUT2D eigenvalue weighted by Crippen LogP contribution is -2.31. The molecule has 1 aromatic carbocycles. The van der Waals surface area contributed by atoms with E-state index >= 15 is 0 Å². The highest BCUT2D eigenvalue weighted by atomic mass is 32.3. The minimum Gasteiger partial charge on any atom is -0.324 e. The minimum absolute atomic E-state index is 0.0150. The van der Waals surface area contributed by atoms with Crippen LogP contribution in [0.25, 0.3) is 22.6 Å². The maximum absolute atomic E-state index is 13.1. The number of aromatic nitrogens is 7. The Balaban J connectivity index is 1.48. The Labute approximate surface area is 187 Å². The Morgan fingerprint density at radius 3 is 2.66 bits per heavy atom. The molecule has 0 amide bonds. The Hall–Kier alpha value is -3.14. The predicted molar refractivity (Wildman–Crippen MR) is 130 cm³/mol. The van der Waals surface area contributed by atoms with E-state index in [9.17, 15) is 4.79 Å². The third kappa shape index (κ3) is 3.68. The molecule has 3 aromatic heterocycles. The van der Waals surface area contributed by atoms with E-state index in [-0.39, 0.29) is 11.7 Å². The van der Waals surface area contributed by atoms with Crippen molar-refractivity contribution in [1.29, 1.82) is 0 Å². The van der Waals surface area contributed by atoms with Crippen molar-refractivity contribution >= 4 is 32.8 Å². The van der Waals surface area contributed by atoms with Crippen LogP contribution in [-0.2, 0) is 7.05 Å². The van der Waals surface area contributed by atoms with Gasteiger partial charge in [-0.15, -0.1) is 0 Å². The molecule has 0 atom stereocenters. The second-order valence-electron chi connectivity index (χ2n) is 9.01. The van der Waals surface area contributed by atoms with Crippen LogP contribution in [-0.4, -0.2) is 58.3 Å². The number of benzene rings is 1. The minimum atomic E-state index is -0.534. The number of rotatable bonds is 4. The summed E-state index contributed by atoms with van der Waals surface area (Å²) in [5, 5.41) is 10.1. The van der Waals surface area contributed by atoms with E-state index in [4.69, 9.17) is 4.98 Å². The number of imidazole rings is 1. The molecule has 1 saturated heterocycles. The Bertz CT molecular complexity index is 1330. The number of fused-ring (bicyclic) bond motifs is 1. The van der Waals surface area contributed by atoms with Crippen LogP contribution in [0.2, 0.25) is 0 Å². The van der Waals surface area contributed by atoms with E-state index in [1.165, 1.54) is 17.8 Å². The SMILES string of the molecule is Cc1cc(-c2ncn[nH]2)ccc1Nc1ncc2c(n1)n(C1CCS(C)(C)CC1)c(=O)n2C. The molecule has 10 heteroatoms. The van der Waals surface area contributed by atoms with Gasteiger partial charge in [-0.25, -0.2) is 24.8 Å². The lowest BCUT2D eigenvalue weighted by molar-refractivity contribution is 0.458. The number of nitrogens with one attached hydrogen (secondary N) is 2. The van der Waals surface area contributed by atoms with Crippen LogP contribution in [0.3, 0.4) is 0 Å². The zero-order valence-corrected chi connectivity index (χ0v) is 19.6. The first-order valence-corrected chi connectivity index (χ1v) is 13.5. The molecule has 0 bridgehead atoms. The average molecular weight is 453 g/mol. The van der Waals surface area contributed by atoms with Gasteiger partial charge in [-0.05, 0) is 67.5 Å². The summed E-state index contributed by atoms with van der Waals surface area (Å²) in [5.74, 6) is 3.58. The standard InChI is InChI=1S/C22H28N8OS/c1-14-11-15(19-24-13-25-28-19)5-6-17(14)26-21-23-12-18-20(27-21)30(22(31)29(18)2)16-7-9-32(3,4)10-8-16/h5-6,11-13,16H,7-10H2,1-4H3,(H,23,26,27)(H,24,25,28). The molecule has 4 aromatic rings. The van der Waals surface area contributed by atoms with Crippen LogP contribution < -0.4 is 11.0 Å². The normalized spacial score (nSPS) is 17.5. The molecule has 1 aliphatic heterocycles. The van der Waals surface area contributed by atoms with Crippen molar-refractivity contribution in [3.05, 3.63) is 46.8 Å². The van der Waals surface area contributed by atoms with Crippen LogP contribution in [0.4, 0.5) is 11.6 Å². The van der Waals surface area contributed by atoms with Gasteiger partial charge in [-0.1, -0.05) is 0 Å². The molecule has 0 spiro atoms. The molecule has 32 heavy (non-hydrogen) atoms. The number of H-pyrrole nitrogens is 1. The monoisotopic (exact) mass is 452 g/mol. The van der Waals surface area contributed by atoms with E-state index in [0.717, 1.165) is 41.0 Å². The number of hydrogen-bond donors (Lipinski definition) is 2. The third-order valence-corrected chi connectivity index (χ3v) is 9.05. The molecule has 2 N–H and O–H groups in total. The zero-order valence-electron chi connectivity index (χ0n) is 18.8. The second kappa shape index (κ2) is 7.77. The molecule has 0 unspecified atom stereocenters. The van der Waals surface area contributed by atoms with Crippen LogP contribution in [0.5, 0.6) is 0 Å². The van der Waals surface area contributed by atoms with Crippen LogP contribution in [0, 0.1) is 6.92 Å². The molecule has 9 nitrogen and oxygen atoms in total. The van der Waals surface area contributed by atoms with Gasteiger partial charge in [0.05, 0.1) is 6.20 Å². The first-order chi connectivity index (χ1) is 15.3. The number of aromatic amines is 1. The zero-order chi connectivity index (χ0) is 22.5. The summed E-state index contributed by atoms with van der Waals surface area (Å²) in [6.07, 6.45) is 10.0. The van der Waals surface area contributed by atoms with Crippen molar-refractivity contribution < 1.29 is 0 Å². The van der Waals surface area contributed by atoms with Gasteiger partial charge in [0.15, 0.2) is 11.5 Å². The van der Waals surface area contributed by atoms with Gasteiger partial charge in [0.1, 0.15) is 11.8 Å². The number of aryl methyl sites for hydroxylation is 2. The molecule has 4 heterocycles. The van der Waals surface area contributed by atoms with Gasteiger partial charge >= 0.3 is 5.69 Å². The van der Waals surface area contributed by atoms with E-state index in [2.05, 4.69) is 38.0 Å². The van der Waals surface area contributed by atoms with Gasteiger partial charge in [0, 0.05) is 24.3 Å². The maximum Gasteiger partial charge on any atom is 0.330 e. The number of nitrogens with zero attached hydrogens (tertiary/aromatic N) is 6. The fraction of sp³-hybridized carbons (Fsp3) is 0.409. The van der Waals surface area contributed by atoms with Gasteiger partial charge in [-0.3, -0.25) is 14.2 Å². The summed E-state index contributed by atoms with van der Waals surface area (Å²) in [6, 6.07) is 6.17. The summed E-state index contributed by atoms with van der Waals surface area (Å²) in [4.78, 5) is 26.5. The van der Waals surface area contributed by atoms with Crippen molar-refractivity contribution in [2.75, 3.05) is 29.3 Å². The molecule has 1 aliphatic rings. The van der Waals surface area contributed by atoms with Crippen molar-refractivity contribution in [3.8, 4) is 11.4 Å². The van der Waals surface area contributed by atoms with Crippen molar-refractivity contribution in [2.45, 2.75) is 25.8 Å². The Morgan fingerprint density at radius 2 is 1.97 bits per heavy atom. The molecular formula is C22H28N8OS. The molecule has 1 fully saturated rings. The van der Waals surface area contributed by atoms with E-state index in [0.29, 0.717) is 11.6 Å². The summed E-state index contributed by atoms with van der Waals surface area (Å²) >= 11 is 0. The number of hydrogen-bond acceptors (Lipinski definition) is 6. The van der Waals surface area contributed by atoms with Crippen LogP contribution in [0.15, 0.2) is 35.5 Å². The largest absolute Gasteiger partial charge is 0.330 e. The third-order valence-electron chi connectivity index (χ3n) is 6.37. The molecular weight excluding hydrogens is 424 g/mol. The summed E-state index contributed by atoms with van der Waals surface area (Å²) < 4.78 is 3.54. The quantitative estimate of drug-likeness (QED) is 0.492. The number of anilines is 2. The fourth-order valence-corrected chi connectivity index (χ4v) is 6.38. The Kier molecular flexibility index (Phi) is 5.04. The fourth-order valence-electron chi connectivity index (χ4n) is 4.36. The van der Waals surface area contributed by atoms with Crippen molar-refractivity contribution in [3.63, 3.8) is 0 Å². The van der Waals surface area contributed by atoms with E-state index in [1.807, 2.05) is 29.7 Å². The molecule has 0 saturated carbocycles. The second-order valence-corrected chi connectivity index (χ2v) is 13.4. The van der Waals surface area contributed by atoms with Gasteiger partial charge in [0.25, 0.3) is 0 Å². The van der Waals surface area contributed by atoms with Crippen molar-refractivity contribution in [2.24, 2.45) is 7.05 Å². The summed E-state index contributed by atoms with van der Waals surface area (Å²) in [6.45, 7) is 2.02. The van der Waals surface area contributed by atoms with Gasteiger partial charge < -0.3 is 5.32 Å². The smallest absolute Gasteiger partial charge is 0.324 e. The first kappa shape index (κ1) is 20.7. The van der Waals surface area contributed by atoms with Gasteiger partial charge in [-0.2, -0.15) is 10.1 Å². The lowest BCUT2D eigenvalue weighted by Gasteiger charge is -2.39. The molecule has 0 aliphatic carbocycles. The van der Waals surface area contributed by atoms with Gasteiger partial charge in [0.2, 0.25) is 5.95 Å². The molecule has 5 rings (SSSR count). The van der Waals surface area contributed by atoms with Crippen LogP contribution in [0.1, 0.15) is 24.4 Å². The highest BCUT2D eigenvalue weighted by Gasteiger charge is 2.28. The van der Waals surface area contributed by atoms with Crippen molar-refractivity contribution in [1.82, 2.24) is 34.3 Å². The molecule has 0 radical (unpaired) electrons.